The van der Waals surface area contributed by atoms with Crippen LogP contribution in [0.5, 0.6) is 0 Å². The lowest BCUT2D eigenvalue weighted by Crippen LogP contribution is -2.34. The second kappa shape index (κ2) is 4.45. The maximum absolute atomic E-state index is 13.7. The molecule has 0 spiro atoms. The van der Waals surface area contributed by atoms with Crippen molar-refractivity contribution < 1.29 is 13.6 Å². The Labute approximate surface area is 102 Å². The number of urea groups is 1. The first-order valence-corrected chi connectivity index (χ1v) is 5.07. The van der Waals surface area contributed by atoms with E-state index in [9.17, 15) is 13.6 Å². The molecule has 1 aliphatic rings. The van der Waals surface area contributed by atoms with E-state index in [2.05, 4.69) is 10.9 Å². The van der Waals surface area contributed by atoms with Crippen LogP contribution in [0.3, 0.4) is 0 Å². The summed E-state index contributed by atoms with van der Waals surface area (Å²) < 4.78 is 26.8. The summed E-state index contributed by atoms with van der Waals surface area (Å²) in [5.74, 6) is 0.861. The van der Waals surface area contributed by atoms with E-state index in [-0.39, 0.29) is 17.9 Å². The SMILES string of the molecule is C#CCN1C(=O)N=C(N)C1c1cc(F)ccc1F. The van der Waals surface area contributed by atoms with Gasteiger partial charge in [-0.3, -0.25) is 4.90 Å². The lowest BCUT2D eigenvalue weighted by Gasteiger charge is -2.22. The number of hydrogen-bond donors (Lipinski definition) is 1. The highest BCUT2D eigenvalue weighted by atomic mass is 19.1. The minimum Gasteiger partial charge on any atom is -0.385 e. The van der Waals surface area contributed by atoms with Crippen LogP contribution in [0.15, 0.2) is 23.2 Å². The quantitative estimate of drug-likeness (QED) is 0.806. The Bertz CT molecular complexity index is 577. The van der Waals surface area contributed by atoms with Crippen molar-refractivity contribution >= 4 is 11.9 Å². The Hall–Kier alpha value is -2.42. The summed E-state index contributed by atoms with van der Waals surface area (Å²) in [4.78, 5) is 16.1. The van der Waals surface area contributed by atoms with Crippen LogP contribution in [-0.4, -0.2) is 23.3 Å². The maximum atomic E-state index is 13.7. The van der Waals surface area contributed by atoms with Gasteiger partial charge in [-0.15, -0.1) is 6.42 Å². The standard InChI is InChI=1S/C12H9F2N3O/c1-2-5-17-10(11(15)16-12(17)18)8-6-7(13)3-4-9(8)14/h1,3-4,6,10H,5H2,(H2,15,16,18). The summed E-state index contributed by atoms with van der Waals surface area (Å²) in [5.41, 5.74) is 5.51. The van der Waals surface area contributed by atoms with Crippen molar-refractivity contribution in [1.29, 1.82) is 0 Å². The lowest BCUT2D eigenvalue weighted by molar-refractivity contribution is 0.213. The number of halogens is 2. The van der Waals surface area contributed by atoms with E-state index in [1.54, 1.807) is 0 Å². The number of rotatable bonds is 2. The summed E-state index contributed by atoms with van der Waals surface area (Å²) in [6.07, 6.45) is 5.12. The van der Waals surface area contributed by atoms with Gasteiger partial charge in [-0.1, -0.05) is 5.92 Å². The van der Waals surface area contributed by atoms with Gasteiger partial charge in [-0.05, 0) is 18.2 Å². The number of amides is 2. The molecule has 0 saturated carbocycles. The van der Waals surface area contributed by atoms with Crippen molar-refractivity contribution in [3.63, 3.8) is 0 Å². The highest BCUT2D eigenvalue weighted by Gasteiger charge is 2.35. The summed E-state index contributed by atoms with van der Waals surface area (Å²) in [5, 5.41) is 0. The summed E-state index contributed by atoms with van der Waals surface area (Å²) in [6, 6.07) is 1.32. The number of amidine groups is 1. The van der Waals surface area contributed by atoms with E-state index in [4.69, 9.17) is 12.2 Å². The van der Waals surface area contributed by atoms with E-state index in [0.717, 1.165) is 23.1 Å². The number of nitrogens with two attached hydrogens (primary N) is 1. The zero-order valence-corrected chi connectivity index (χ0v) is 9.23. The van der Waals surface area contributed by atoms with E-state index in [0.29, 0.717) is 0 Å². The largest absolute Gasteiger partial charge is 0.385 e. The summed E-state index contributed by atoms with van der Waals surface area (Å²) in [6.45, 7) is -0.0797. The fraction of sp³-hybridized carbons (Fsp3) is 0.167. The minimum absolute atomic E-state index is 0.0580. The zero-order valence-electron chi connectivity index (χ0n) is 9.23. The molecule has 0 saturated heterocycles. The molecule has 0 bridgehead atoms. The molecule has 1 unspecified atom stereocenters. The van der Waals surface area contributed by atoms with Crippen molar-refractivity contribution in [2.75, 3.05) is 6.54 Å². The van der Waals surface area contributed by atoms with Gasteiger partial charge in [0, 0.05) is 5.56 Å². The molecule has 1 aromatic rings. The smallest absolute Gasteiger partial charge is 0.346 e. The molecular weight excluding hydrogens is 240 g/mol. The Balaban J connectivity index is 2.48. The van der Waals surface area contributed by atoms with E-state index >= 15 is 0 Å². The molecule has 18 heavy (non-hydrogen) atoms. The topological polar surface area (TPSA) is 58.7 Å². The minimum atomic E-state index is -0.954. The van der Waals surface area contributed by atoms with Crippen LogP contribution in [0.25, 0.3) is 0 Å². The molecule has 2 N–H and O–H groups in total. The monoisotopic (exact) mass is 249 g/mol. The van der Waals surface area contributed by atoms with Crippen molar-refractivity contribution in [2.45, 2.75) is 6.04 Å². The molecule has 1 aliphatic heterocycles. The number of terminal acetylenes is 1. The van der Waals surface area contributed by atoms with Gasteiger partial charge in [0.1, 0.15) is 23.5 Å². The number of nitrogens with zero attached hydrogens (tertiary/aromatic N) is 2. The van der Waals surface area contributed by atoms with E-state index < -0.39 is 23.7 Å². The van der Waals surface area contributed by atoms with Gasteiger partial charge in [-0.2, -0.15) is 4.99 Å². The van der Waals surface area contributed by atoms with Crippen LogP contribution in [0.1, 0.15) is 11.6 Å². The zero-order chi connectivity index (χ0) is 13.3. The first-order chi connectivity index (χ1) is 8.54. The number of benzene rings is 1. The van der Waals surface area contributed by atoms with Crippen molar-refractivity contribution in [2.24, 2.45) is 10.7 Å². The summed E-state index contributed by atoms with van der Waals surface area (Å²) in [7, 11) is 0. The van der Waals surface area contributed by atoms with Gasteiger partial charge in [0.05, 0.1) is 6.54 Å². The number of aliphatic imine (C=N–C) groups is 1. The van der Waals surface area contributed by atoms with Gasteiger partial charge >= 0.3 is 6.03 Å². The van der Waals surface area contributed by atoms with Crippen LogP contribution < -0.4 is 5.73 Å². The van der Waals surface area contributed by atoms with E-state index in [1.807, 2.05) is 0 Å². The molecule has 2 rings (SSSR count). The highest BCUT2D eigenvalue weighted by Crippen LogP contribution is 2.28. The van der Waals surface area contributed by atoms with Crippen molar-refractivity contribution in [3.8, 4) is 12.3 Å². The van der Waals surface area contributed by atoms with Crippen LogP contribution in [-0.2, 0) is 0 Å². The Morgan fingerprint density at radius 2 is 2.22 bits per heavy atom. The molecule has 2 amide bonds. The second-order valence-electron chi connectivity index (χ2n) is 3.72. The first kappa shape index (κ1) is 12.0. The second-order valence-corrected chi connectivity index (χ2v) is 3.72. The molecule has 0 aliphatic carbocycles. The molecule has 92 valence electrons. The number of carbonyl (C=O) groups is 1. The molecule has 0 fully saturated rings. The Morgan fingerprint density at radius 3 is 2.89 bits per heavy atom. The number of hydrogen-bond acceptors (Lipinski definition) is 2. The maximum Gasteiger partial charge on any atom is 0.346 e. The fourth-order valence-electron chi connectivity index (χ4n) is 1.81. The average molecular weight is 249 g/mol. The highest BCUT2D eigenvalue weighted by molar-refractivity contribution is 6.03. The predicted molar refractivity (Wildman–Crippen MR) is 61.7 cm³/mol. The van der Waals surface area contributed by atoms with Crippen LogP contribution in [0, 0.1) is 24.0 Å². The molecule has 6 heteroatoms. The third kappa shape index (κ3) is 1.91. The Kier molecular flexibility index (Phi) is 2.98. The fourth-order valence-corrected chi connectivity index (χ4v) is 1.81. The number of carbonyl (C=O) groups excluding carboxylic acids is 1. The molecule has 0 radical (unpaired) electrons. The summed E-state index contributed by atoms with van der Waals surface area (Å²) >= 11 is 0. The van der Waals surface area contributed by atoms with E-state index in [1.165, 1.54) is 0 Å². The molecular formula is C12H9F2N3O. The molecule has 1 aromatic carbocycles. The lowest BCUT2D eigenvalue weighted by atomic mass is 10.0. The third-order valence-electron chi connectivity index (χ3n) is 2.58. The van der Waals surface area contributed by atoms with Gasteiger partial charge in [0.15, 0.2) is 0 Å². The van der Waals surface area contributed by atoms with Crippen molar-refractivity contribution in [3.05, 3.63) is 35.4 Å². The molecule has 4 nitrogen and oxygen atoms in total. The molecule has 1 atom stereocenters. The van der Waals surface area contributed by atoms with Gasteiger partial charge < -0.3 is 5.73 Å². The van der Waals surface area contributed by atoms with Gasteiger partial charge in [0.25, 0.3) is 0 Å². The molecule has 1 heterocycles. The van der Waals surface area contributed by atoms with Crippen LogP contribution in [0.2, 0.25) is 0 Å². The average Bonchev–Trinajstić information content (AvgIpc) is 2.58. The third-order valence-corrected chi connectivity index (χ3v) is 2.58. The van der Waals surface area contributed by atoms with Crippen LogP contribution >= 0.6 is 0 Å². The molecule has 0 aromatic heterocycles. The predicted octanol–water partition coefficient (Wildman–Crippen LogP) is 1.43. The first-order valence-electron chi connectivity index (χ1n) is 5.07. The van der Waals surface area contributed by atoms with Gasteiger partial charge in [-0.25, -0.2) is 13.6 Å². The van der Waals surface area contributed by atoms with Crippen molar-refractivity contribution in [1.82, 2.24) is 4.90 Å². The normalized spacial score (nSPS) is 18.7. The Morgan fingerprint density at radius 1 is 1.50 bits per heavy atom. The van der Waals surface area contributed by atoms with Crippen LogP contribution in [0.4, 0.5) is 13.6 Å². The van der Waals surface area contributed by atoms with Gasteiger partial charge in [0.2, 0.25) is 0 Å².